The standard InChI is InChI=1S/C20H22N2O/c1-14-8-4-5-9-16(14)13-22(3)20(23)12-18-15(2)21-19-11-7-6-10-17(18)19/h4-11,21H,12-13H2,1-3H3. The van der Waals surface area contributed by atoms with Crippen LogP contribution in [0.4, 0.5) is 0 Å². The first-order valence-electron chi connectivity index (χ1n) is 7.91. The maximum atomic E-state index is 12.6. The van der Waals surface area contributed by atoms with Crippen molar-refractivity contribution in [1.82, 2.24) is 9.88 Å². The maximum absolute atomic E-state index is 12.6. The highest BCUT2D eigenvalue weighted by atomic mass is 16.2. The van der Waals surface area contributed by atoms with Crippen molar-refractivity contribution in [3.63, 3.8) is 0 Å². The highest BCUT2D eigenvalue weighted by Gasteiger charge is 2.15. The molecular formula is C20H22N2O. The van der Waals surface area contributed by atoms with Gasteiger partial charge in [-0.1, -0.05) is 42.5 Å². The molecule has 3 aromatic rings. The van der Waals surface area contributed by atoms with E-state index in [4.69, 9.17) is 0 Å². The second-order valence-electron chi connectivity index (χ2n) is 6.13. The van der Waals surface area contributed by atoms with Gasteiger partial charge in [-0.2, -0.15) is 0 Å². The van der Waals surface area contributed by atoms with E-state index in [9.17, 15) is 4.79 Å². The summed E-state index contributed by atoms with van der Waals surface area (Å²) in [5.41, 5.74) is 5.68. The Balaban J connectivity index is 1.78. The molecule has 0 radical (unpaired) electrons. The van der Waals surface area contributed by atoms with Gasteiger partial charge in [-0.15, -0.1) is 0 Å². The van der Waals surface area contributed by atoms with Crippen LogP contribution in [0.1, 0.15) is 22.4 Å². The third kappa shape index (κ3) is 3.14. The van der Waals surface area contributed by atoms with E-state index in [2.05, 4.69) is 30.1 Å². The Morgan fingerprint density at radius 2 is 1.74 bits per heavy atom. The number of carbonyl (C=O) groups is 1. The number of nitrogens with one attached hydrogen (secondary N) is 1. The lowest BCUT2D eigenvalue weighted by molar-refractivity contribution is -0.129. The van der Waals surface area contributed by atoms with Crippen molar-refractivity contribution in [1.29, 1.82) is 0 Å². The molecule has 23 heavy (non-hydrogen) atoms. The molecule has 0 aliphatic carbocycles. The van der Waals surface area contributed by atoms with Gasteiger partial charge in [-0.3, -0.25) is 4.79 Å². The van der Waals surface area contributed by atoms with Crippen molar-refractivity contribution in [2.24, 2.45) is 0 Å². The molecule has 3 heteroatoms. The normalized spacial score (nSPS) is 10.9. The molecule has 118 valence electrons. The van der Waals surface area contributed by atoms with Crippen LogP contribution in [-0.4, -0.2) is 22.8 Å². The summed E-state index contributed by atoms with van der Waals surface area (Å²) in [7, 11) is 1.87. The van der Waals surface area contributed by atoms with Crippen molar-refractivity contribution in [2.45, 2.75) is 26.8 Å². The summed E-state index contributed by atoms with van der Waals surface area (Å²) in [6.45, 7) is 4.76. The zero-order chi connectivity index (χ0) is 16.4. The number of aryl methyl sites for hydroxylation is 2. The van der Waals surface area contributed by atoms with Gasteiger partial charge in [0, 0.05) is 30.2 Å². The van der Waals surface area contributed by atoms with Crippen LogP contribution in [0.15, 0.2) is 48.5 Å². The minimum absolute atomic E-state index is 0.140. The van der Waals surface area contributed by atoms with Crippen molar-refractivity contribution in [3.05, 3.63) is 70.9 Å². The molecule has 1 amide bonds. The molecule has 1 heterocycles. The number of likely N-dealkylation sites (N-methyl/N-ethyl adjacent to an activating group) is 1. The van der Waals surface area contributed by atoms with Crippen LogP contribution in [0.5, 0.6) is 0 Å². The molecule has 2 aromatic carbocycles. The fourth-order valence-electron chi connectivity index (χ4n) is 2.98. The van der Waals surface area contributed by atoms with E-state index in [0.29, 0.717) is 13.0 Å². The van der Waals surface area contributed by atoms with Gasteiger partial charge in [0.2, 0.25) is 5.91 Å². The van der Waals surface area contributed by atoms with Crippen LogP contribution in [0, 0.1) is 13.8 Å². The molecule has 0 aliphatic heterocycles. The van der Waals surface area contributed by atoms with Crippen LogP contribution in [0.3, 0.4) is 0 Å². The van der Waals surface area contributed by atoms with Gasteiger partial charge in [-0.05, 0) is 36.6 Å². The van der Waals surface area contributed by atoms with E-state index in [1.165, 1.54) is 11.1 Å². The van der Waals surface area contributed by atoms with Crippen LogP contribution in [0.25, 0.3) is 10.9 Å². The largest absolute Gasteiger partial charge is 0.358 e. The number of hydrogen-bond donors (Lipinski definition) is 1. The minimum Gasteiger partial charge on any atom is -0.358 e. The molecule has 1 N–H and O–H groups in total. The fourth-order valence-corrected chi connectivity index (χ4v) is 2.98. The number of hydrogen-bond acceptors (Lipinski definition) is 1. The Labute approximate surface area is 136 Å². The van der Waals surface area contributed by atoms with Crippen molar-refractivity contribution in [2.75, 3.05) is 7.05 Å². The number of amides is 1. The van der Waals surface area contributed by atoms with Crippen LogP contribution in [0.2, 0.25) is 0 Å². The Kier molecular flexibility index (Phi) is 4.20. The first kappa shape index (κ1) is 15.3. The number of carbonyl (C=O) groups excluding carboxylic acids is 1. The summed E-state index contributed by atoms with van der Waals surface area (Å²) < 4.78 is 0. The van der Waals surface area contributed by atoms with E-state index in [1.807, 2.05) is 49.2 Å². The Morgan fingerprint density at radius 3 is 2.52 bits per heavy atom. The topological polar surface area (TPSA) is 36.1 Å². The molecule has 0 aliphatic rings. The summed E-state index contributed by atoms with van der Waals surface area (Å²) in [6, 6.07) is 16.3. The number of rotatable bonds is 4. The smallest absolute Gasteiger partial charge is 0.227 e. The summed E-state index contributed by atoms with van der Waals surface area (Å²) in [5, 5.41) is 1.14. The van der Waals surface area contributed by atoms with Crippen molar-refractivity contribution in [3.8, 4) is 0 Å². The van der Waals surface area contributed by atoms with Crippen LogP contribution >= 0.6 is 0 Å². The first-order chi connectivity index (χ1) is 11.1. The molecule has 3 nitrogen and oxygen atoms in total. The van der Waals surface area contributed by atoms with Crippen molar-refractivity contribution >= 4 is 16.8 Å². The molecule has 0 unspecified atom stereocenters. The lowest BCUT2D eigenvalue weighted by Gasteiger charge is -2.18. The SMILES string of the molecule is Cc1ccccc1CN(C)C(=O)Cc1c(C)[nH]c2ccccc12. The predicted octanol–water partition coefficient (Wildman–Crippen LogP) is 3.99. The van der Waals surface area contributed by atoms with E-state index >= 15 is 0 Å². The number of benzene rings is 2. The van der Waals surface area contributed by atoms with Gasteiger partial charge < -0.3 is 9.88 Å². The molecule has 0 saturated heterocycles. The molecule has 3 rings (SSSR count). The Bertz CT molecular complexity index is 848. The van der Waals surface area contributed by atoms with Crippen LogP contribution in [-0.2, 0) is 17.8 Å². The summed E-state index contributed by atoms with van der Waals surface area (Å²) >= 11 is 0. The molecule has 0 bridgehead atoms. The zero-order valence-corrected chi connectivity index (χ0v) is 13.9. The lowest BCUT2D eigenvalue weighted by atomic mass is 10.1. The molecule has 0 atom stereocenters. The number of aromatic nitrogens is 1. The van der Waals surface area contributed by atoms with E-state index in [0.717, 1.165) is 22.2 Å². The average molecular weight is 306 g/mol. The third-order valence-corrected chi connectivity index (χ3v) is 4.45. The summed E-state index contributed by atoms with van der Waals surface area (Å²) in [6.07, 6.45) is 0.429. The van der Waals surface area contributed by atoms with Crippen molar-refractivity contribution < 1.29 is 4.79 Å². The summed E-state index contributed by atoms with van der Waals surface area (Å²) in [4.78, 5) is 17.8. The lowest BCUT2D eigenvalue weighted by Crippen LogP contribution is -2.28. The van der Waals surface area contributed by atoms with Gasteiger partial charge in [0.1, 0.15) is 0 Å². The highest BCUT2D eigenvalue weighted by Crippen LogP contribution is 2.23. The molecule has 0 spiro atoms. The minimum atomic E-state index is 0.140. The van der Waals surface area contributed by atoms with E-state index < -0.39 is 0 Å². The fraction of sp³-hybridized carbons (Fsp3) is 0.250. The third-order valence-electron chi connectivity index (χ3n) is 4.45. The monoisotopic (exact) mass is 306 g/mol. The summed E-state index contributed by atoms with van der Waals surface area (Å²) in [5.74, 6) is 0.140. The molecule has 0 saturated carbocycles. The number of nitrogens with zero attached hydrogens (tertiary/aromatic N) is 1. The molecule has 0 fully saturated rings. The van der Waals surface area contributed by atoms with Gasteiger partial charge in [0.15, 0.2) is 0 Å². The van der Waals surface area contributed by atoms with E-state index in [-0.39, 0.29) is 5.91 Å². The highest BCUT2D eigenvalue weighted by molar-refractivity contribution is 5.90. The Hall–Kier alpha value is -2.55. The van der Waals surface area contributed by atoms with Gasteiger partial charge >= 0.3 is 0 Å². The quantitative estimate of drug-likeness (QED) is 0.777. The van der Waals surface area contributed by atoms with Crippen LogP contribution < -0.4 is 0 Å². The molecular weight excluding hydrogens is 284 g/mol. The van der Waals surface area contributed by atoms with Gasteiger partial charge in [0.25, 0.3) is 0 Å². The molecule has 1 aromatic heterocycles. The number of aromatic amines is 1. The second-order valence-corrected chi connectivity index (χ2v) is 6.13. The number of fused-ring (bicyclic) bond motifs is 1. The Morgan fingerprint density at radius 1 is 1.04 bits per heavy atom. The zero-order valence-electron chi connectivity index (χ0n) is 13.9. The number of H-pyrrole nitrogens is 1. The predicted molar refractivity (Wildman–Crippen MR) is 94.4 cm³/mol. The van der Waals surface area contributed by atoms with E-state index in [1.54, 1.807) is 0 Å². The second kappa shape index (κ2) is 6.29. The first-order valence-corrected chi connectivity index (χ1v) is 7.91. The van der Waals surface area contributed by atoms with Gasteiger partial charge in [0.05, 0.1) is 6.42 Å². The van der Waals surface area contributed by atoms with Gasteiger partial charge in [-0.25, -0.2) is 0 Å². The number of para-hydroxylation sites is 1. The average Bonchev–Trinajstić information content (AvgIpc) is 2.85. The maximum Gasteiger partial charge on any atom is 0.227 e.